The van der Waals surface area contributed by atoms with E-state index in [-0.39, 0.29) is 30.4 Å². The monoisotopic (exact) mass is 823 g/mol. The van der Waals surface area contributed by atoms with Gasteiger partial charge in [0.15, 0.2) is 5.84 Å². The number of nitrogens with zero attached hydrogens (tertiary/aromatic N) is 4. The molecule has 24 nitrogen and oxygen atoms in total. The van der Waals surface area contributed by atoms with Gasteiger partial charge in [-0.25, -0.2) is 28.6 Å². The molecule has 3 unspecified atom stereocenters. The van der Waals surface area contributed by atoms with Gasteiger partial charge in [0.2, 0.25) is 23.3 Å². The van der Waals surface area contributed by atoms with Crippen molar-refractivity contribution in [3.63, 3.8) is 0 Å². The van der Waals surface area contributed by atoms with Crippen molar-refractivity contribution in [1.82, 2.24) is 15.5 Å². The molecule has 1 fully saturated rings. The van der Waals surface area contributed by atoms with E-state index >= 15 is 0 Å². The van der Waals surface area contributed by atoms with Gasteiger partial charge in [0, 0.05) is 30.7 Å². The number of phosphoric ester groups is 3. The van der Waals surface area contributed by atoms with Crippen molar-refractivity contribution >= 4 is 71.6 Å². The predicted molar refractivity (Wildman–Crippen MR) is 181 cm³/mol. The molecule has 0 bridgehead atoms. The fourth-order valence-electron chi connectivity index (χ4n) is 4.96. The second-order valence-electron chi connectivity index (χ2n) is 11.8. The Balaban J connectivity index is 1.66. The number of hydrogen-bond acceptors (Lipinski definition) is 19. The van der Waals surface area contributed by atoms with Crippen LogP contribution >= 0.6 is 36.1 Å². The van der Waals surface area contributed by atoms with E-state index in [4.69, 9.17) is 19.5 Å². The van der Waals surface area contributed by atoms with E-state index in [1.807, 2.05) is 0 Å². The van der Waals surface area contributed by atoms with Gasteiger partial charge in [-0.2, -0.15) is 16.9 Å². The number of nitrogens with two attached hydrogens (primary N) is 1. The average Bonchev–Trinajstić information content (AvgIpc) is 3.58. The number of aliphatic imine (C=N–C) groups is 3. The van der Waals surface area contributed by atoms with Crippen molar-refractivity contribution in [3.05, 3.63) is 12.7 Å². The Hall–Kier alpha value is -2.28. The number of carbonyl (C=O) groups is 3. The number of amides is 2. The topological polar surface area (TPSA) is 360 Å². The van der Waals surface area contributed by atoms with E-state index in [1.165, 1.54) is 13.8 Å². The lowest BCUT2D eigenvalue weighted by atomic mass is 9.87. The van der Waals surface area contributed by atoms with Crippen LogP contribution in [0.4, 0.5) is 0 Å². The number of ether oxygens (including phenoxy) is 1. The van der Waals surface area contributed by atoms with E-state index in [2.05, 4.69) is 53.7 Å². The zero-order valence-corrected chi connectivity index (χ0v) is 31.1. The summed E-state index contributed by atoms with van der Waals surface area (Å²) >= 11 is 3.95. The summed E-state index contributed by atoms with van der Waals surface area (Å²) in [6.45, 7) is 3.52. The van der Waals surface area contributed by atoms with Crippen LogP contribution in [0.3, 0.4) is 0 Å². The van der Waals surface area contributed by atoms with Gasteiger partial charge in [0.25, 0.3) is 0 Å². The lowest BCUT2D eigenvalue weighted by Crippen LogP contribution is -2.63. The van der Waals surface area contributed by atoms with Gasteiger partial charge in [0.05, 0.1) is 19.9 Å². The van der Waals surface area contributed by atoms with E-state index < -0.39 is 96.8 Å². The quantitative estimate of drug-likeness (QED) is 0.0339. The van der Waals surface area contributed by atoms with Crippen molar-refractivity contribution < 1.29 is 80.5 Å². The van der Waals surface area contributed by atoms with Crippen LogP contribution < -0.4 is 16.4 Å². The molecular weight excluding hydrogens is 783 g/mol. The summed E-state index contributed by atoms with van der Waals surface area (Å²) in [6, 6.07) is 0. The minimum Gasteiger partial charge on any atom is -0.386 e. The Morgan fingerprint density at radius 3 is 2.46 bits per heavy atom. The van der Waals surface area contributed by atoms with E-state index in [9.17, 15) is 57.9 Å². The molecule has 0 aromatic heterocycles. The molecule has 0 radical (unpaired) electrons. The molecule has 0 aromatic rings. The summed E-state index contributed by atoms with van der Waals surface area (Å²) in [6.07, 6.45) is -7.81. The largest absolute Gasteiger partial charge is 0.481 e. The van der Waals surface area contributed by atoms with Gasteiger partial charge in [-0.05, 0) is 6.08 Å². The van der Waals surface area contributed by atoms with Crippen LogP contribution in [0, 0.1) is 5.41 Å². The number of nitrogens with one attached hydrogen (secondary N) is 2. The molecule has 8 atom stereocenters. The van der Waals surface area contributed by atoms with Gasteiger partial charge in [-0.1, -0.05) is 20.4 Å². The van der Waals surface area contributed by atoms with Crippen LogP contribution in [0.15, 0.2) is 27.6 Å². The second kappa shape index (κ2) is 17.5. The summed E-state index contributed by atoms with van der Waals surface area (Å²) in [4.78, 5) is 89.5. The van der Waals surface area contributed by atoms with Crippen molar-refractivity contribution in [3.8, 4) is 0 Å². The summed E-state index contributed by atoms with van der Waals surface area (Å²) in [5.74, 6) is -1.98. The van der Waals surface area contributed by atoms with Crippen molar-refractivity contribution in [1.29, 1.82) is 0 Å². The molecule has 2 amide bonds. The fourth-order valence-corrected chi connectivity index (χ4v) is 7.90. The van der Waals surface area contributed by atoms with Crippen LogP contribution in [0.1, 0.15) is 20.3 Å². The highest BCUT2D eigenvalue weighted by atomic mass is 32.1. The molecule has 1 saturated heterocycles. The Morgan fingerprint density at radius 1 is 1.19 bits per heavy atom. The summed E-state index contributed by atoms with van der Waals surface area (Å²) in [5.41, 5.74) is 2.03. The maximum Gasteiger partial charge on any atom is 0.481 e. The maximum absolute atomic E-state index is 13.1. The number of aliphatic hydroxyl groups is 2. The number of ketones is 1. The smallest absolute Gasteiger partial charge is 0.386 e. The number of carbonyl (C=O) groups excluding carboxylic acids is 3. The molecule has 28 heteroatoms. The van der Waals surface area contributed by atoms with E-state index in [1.54, 1.807) is 0 Å². The Kier molecular flexibility index (Phi) is 14.8. The molecule has 0 aliphatic carbocycles. The standard InChI is InChI=1S/C24H40N7O17P3S/c1-4-14(32)24-18(20(25)28-11-30-24)29-12-31(24)22-16(34)17(47-49(37,38)39)13(46-22)9-44-50(40,41)48-51(42,43)45-10-23(2,3)19(35)21(36)27-6-5-15(33)26-7-8-52/h4,11,13,16-17,19,22,34-35,52H,1,5-10,12H2,2-3H3,(H,26,33)(H,27,36)(H,40,41)(H,42,43)(H2,25,28,30)(H2,37,38,39)/t13-,16-,17-,19+,22-,24?/m1/s1. The summed E-state index contributed by atoms with van der Waals surface area (Å²) in [7, 11) is -16.6. The third-order valence-electron chi connectivity index (χ3n) is 7.50. The number of hydrogen-bond donors (Lipinski definition) is 10. The number of fused-ring (bicyclic) bond motifs is 1. The lowest BCUT2D eigenvalue weighted by molar-refractivity contribution is -0.140. The molecule has 3 heterocycles. The van der Waals surface area contributed by atoms with Crippen LogP contribution in [-0.2, 0) is 50.7 Å². The van der Waals surface area contributed by atoms with Gasteiger partial charge in [0.1, 0.15) is 42.7 Å². The third kappa shape index (κ3) is 10.9. The normalized spacial score (nSPS) is 27.8. The number of phosphoric acid groups is 3. The fraction of sp³-hybridized carbons (Fsp3) is 0.667. The summed E-state index contributed by atoms with van der Waals surface area (Å²) < 4.78 is 61.1. The Morgan fingerprint density at radius 2 is 1.85 bits per heavy atom. The molecule has 3 aliphatic heterocycles. The molecule has 10 N–H and O–H groups in total. The van der Waals surface area contributed by atoms with Crippen molar-refractivity contribution in [2.75, 3.05) is 38.7 Å². The molecule has 0 aromatic carbocycles. The molecule has 3 aliphatic rings. The van der Waals surface area contributed by atoms with Crippen LogP contribution in [0.5, 0.6) is 0 Å². The highest BCUT2D eigenvalue weighted by Gasteiger charge is 2.61. The average molecular weight is 824 g/mol. The number of rotatable bonds is 20. The number of aliphatic hydroxyl groups excluding tert-OH is 2. The van der Waals surface area contributed by atoms with Crippen LogP contribution in [0.25, 0.3) is 0 Å². The zero-order valence-electron chi connectivity index (χ0n) is 27.5. The number of amidine groups is 1. The van der Waals surface area contributed by atoms with Crippen molar-refractivity contribution in [2.45, 2.75) is 56.6 Å². The lowest BCUT2D eigenvalue weighted by Gasteiger charge is -2.38. The molecule has 294 valence electrons. The first kappa shape index (κ1) is 44.1. The first-order chi connectivity index (χ1) is 24.0. The predicted octanol–water partition coefficient (Wildman–Crippen LogP) is -2.70. The molecule has 0 spiro atoms. The van der Waals surface area contributed by atoms with Gasteiger partial charge in [-0.3, -0.25) is 32.9 Å². The van der Waals surface area contributed by atoms with Gasteiger partial charge in [-0.15, -0.1) is 0 Å². The van der Waals surface area contributed by atoms with Gasteiger partial charge < -0.3 is 50.9 Å². The summed E-state index contributed by atoms with van der Waals surface area (Å²) in [5, 5.41) is 26.4. The molecule has 52 heavy (non-hydrogen) atoms. The second-order valence-corrected chi connectivity index (χ2v) is 16.5. The Bertz CT molecular complexity index is 1630. The molecule has 0 saturated carbocycles. The zero-order chi connectivity index (χ0) is 39.3. The Labute approximate surface area is 301 Å². The maximum atomic E-state index is 13.1. The minimum absolute atomic E-state index is 0.116. The minimum atomic E-state index is -5.63. The van der Waals surface area contributed by atoms with Crippen LogP contribution in [0.2, 0.25) is 0 Å². The molecule has 3 rings (SSSR count). The third-order valence-corrected chi connectivity index (χ3v) is 10.8. The highest BCUT2D eigenvalue weighted by molar-refractivity contribution is 7.80. The van der Waals surface area contributed by atoms with E-state index in [0.717, 1.165) is 17.3 Å². The van der Waals surface area contributed by atoms with E-state index in [0.29, 0.717) is 12.3 Å². The number of thiol groups is 1. The first-order valence-electron chi connectivity index (χ1n) is 14.9. The van der Waals surface area contributed by atoms with Gasteiger partial charge >= 0.3 is 23.5 Å². The SMILES string of the molecule is C=CC(=O)C12N=CN=C(N)C1=NCN2[C@@H]1O[C@H](COP(=O)(O)OP(=O)(O)OCC(C)(C)[C@@H](O)C(=O)NCCC(=O)NCCS)[C@@H](OP(=O)(O)O)[C@H]1O. The van der Waals surface area contributed by atoms with Crippen LogP contribution in [-0.4, -0.2) is 145 Å². The van der Waals surface area contributed by atoms with Crippen molar-refractivity contribution in [2.24, 2.45) is 26.1 Å². The molecular formula is C24H40N7O17P3S. The first-order valence-corrected chi connectivity index (χ1v) is 20.1. The highest BCUT2D eigenvalue weighted by Crippen LogP contribution is 2.61.